The van der Waals surface area contributed by atoms with Gasteiger partial charge in [-0.2, -0.15) is 0 Å². The van der Waals surface area contributed by atoms with Crippen molar-refractivity contribution in [3.05, 3.63) is 65.0 Å². The third-order valence-electron chi connectivity index (χ3n) is 3.44. The van der Waals surface area contributed by atoms with Gasteiger partial charge in [-0.15, -0.1) is 0 Å². The van der Waals surface area contributed by atoms with Crippen LogP contribution in [0.4, 0.5) is 22.0 Å². The lowest BCUT2D eigenvalue weighted by Gasteiger charge is -2.11. The molecule has 1 heterocycles. The molecule has 0 aliphatic rings. The largest absolute Gasteiger partial charge is 0.392 e. The van der Waals surface area contributed by atoms with Crippen LogP contribution in [-0.4, -0.2) is 10.1 Å². The Morgan fingerprint density at radius 1 is 0.826 bits per heavy atom. The molecule has 0 radical (unpaired) electrons. The molecule has 0 spiro atoms. The van der Waals surface area contributed by atoms with Crippen LogP contribution in [0.5, 0.6) is 0 Å². The standard InChI is InChI=1S/C16H8F5NO/c17-12-11(13(18)15(20)16(21)14(12)19)10-5-7(6-23)8-3-1-2-4-9(8)22-10/h1-5,23H,6H2. The number of fused-ring (bicyclic) bond motifs is 1. The molecule has 0 saturated heterocycles. The fourth-order valence-corrected chi connectivity index (χ4v) is 2.34. The van der Waals surface area contributed by atoms with E-state index in [4.69, 9.17) is 0 Å². The first-order valence-electron chi connectivity index (χ1n) is 6.47. The zero-order chi connectivity index (χ0) is 16.7. The molecule has 0 aliphatic heterocycles. The van der Waals surface area contributed by atoms with Crippen molar-refractivity contribution in [1.29, 1.82) is 0 Å². The molecule has 0 saturated carbocycles. The molecule has 2 nitrogen and oxygen atoms in total. The number of pyridine rings is 1. The van der Waals surface area contributed by atoms with Gasteiger partial charge in [0, 0.05) is 5.39 Å². The van der Waals surface area contributed by atoms with Crippen LogP contribution in [0.2, 0.25) is 0 Å². The molecule has 118 valence electrons. The molecule has 2 aromatic carbocycles. The predicted octanol–water partition coefficient (Wildman–Crippen LogP) is 4.09. The van der Waals surface area contributed by atoms with Gasteiger partial charge in [0.15, 0.2) is 23.3 Å². The van der Waals surface area contributed by atoms with Gasteiger partial charge in [-0.3, -0.25) is 0 Å². The average Bonchev–Trinajstić information content (AvgIpc) is 2.57. The first-order valence-corrected chi connectivity index (χ1v) is 6.47. The first-order chi connectivity index (χ1) is 11.0. The van der Waals surface area contributed by atoms with E-state index in [0.717, 1.165) is 6.07 Å². The summed E-state index contributed by atoms with van der Waals surface area (Å²) in [6.45, 7) is -0.481. The molecular formula is C16H8F5NO. The molecule has 3 aromatic rings. The minimum atomic E-state index is -2.23. The SMILES string of the molecule is OCc1cc(-c2c(F)c(F)c(F)c(F)c2F)nc2ccccc12. The summed E-state index contributed by atoms with van der Waals surface area (Å²) in [5.74, 6) is -10.2. The number of benzene rings is 2. The van der Waals surface area contributed by atoms with Crippen molar-refractivity contribution in [3.8, 4) is 11.3 Å². The van der Waals surface area contributed by atoms with E-state index in [-0.39, 0.29) is 11.1 Å². The summed E-state index contributed by atoms with van der Waals surface area (Å²) in [6, 6.07) is 7.49. The van der Waals surface area contributed by atoms with E-state index in [1.807, 2.05) is 0 Å². The number of rotatable bonds is 2. The summed E-state index contributed by atoms with van der Waals surface area (Å²) in [6.07, 6.45) is 0. The second kappa shape index (κ2) is 5.58. The highest BCUT2D eigenvalue weighted by molar-refractivity contribution is 5.85. The maximum absolute atomic E-state index is 13.9. The Morgan fingerprint density at radius 3 is 2.00 bits per heavy atom. The zero-order valence-corrected chi connectivity index (χ0v) is 11.4. The van der Waals surface area contributed by atoms with Crippen molar-refractivity contribution in [2.75, 3.05) is 0 Å². The Bertz CT molecular complexity index is 897. The van der Waals surface area contributed by atoms with E-state index >= 15 is 0 Å². The van der Waals surface area contributed by atoms with Crippen molar-refractivity contribution in [2.45, 2.75) is 6.61 Å². The highest BCUT2D eigenvalue weighted by Gasteiger charge is 2.27. The molecule has 0 unspecified atom stereocenters. The van der Waals surface area contributed by atoms with Gasteiger partial charge < -0.3 is 5.11 Å². The van der Waals surface area contributed by atoms with Crippen LogP contribution in [0.15, 0.2) is 30.3 Å². The molecule has 0 amide bonds. The second-order valence-corrected chi connectivity index (χ2v) is 4.79. The number of nitrogens with zero attached hydrogens (tertiary/aromatic N) is 1. The quantitative estimate of drug-likeness (QED) is 0.437. The third-order valence-corrected chi connectivity index (χ3v) is 3.44. The number of hydrogen-bond donors (Lipinski definition) is 1. The Labute approximate surface area is 126 Å². The summed E-state index contributed by atoms with van der Waals surface area (Å²) in [5, 5.41) is 9.89. The molecular weight excluding hydrogens is 317 g/mol. The van der Waals surface area contributed by atoms with Crippen molar-refractivity contribution in [2.24, 2.45) is 0 Å². The van der Waals surface area contributed by atoms with Gasteiger partial charge in [0.25, 0.3) is 0 Å². The summed E-state index contributed by atoms with van der Waals surface area (Å²) in [7, 11) is 0. The molecule has 0 aliphatic carbocycles. The van der Waals surface area contributed by atoms with Gasteiger partial charge in [-0.1, -0.05) is 18.2 Å². The first kappa shape index (κ1) is 15.4. The van der Waals surface area contributed by atoms with Crippen LogP contribution in [0.25, 0.3) is 22.2 Å². The normalized spacial score (nSPS) is 11.2. The van der Waals surface area contributed by atoms with E-state index in [1.54, 1.807) is 18.2 Å². The Morgan fingerprint density at radius 2 is 1.39 bits per heavy atom. The van der Waals surface area contributed by atoms with Crippen molar-refractivity contribution >= 4 is 10.9 Å². The fraction of sp³-hybridized carbons (Fsp3) is 0.0625. The third kappa shape index (κ3) is 2.33. The van der Waals surface area contributed by atoms with E-state index < -0.39 is 47.0 Å². The number of halogens is 5. The van der Waals surface area contributed by atoms with Gasteiger partial charge >= 0.3 is 0 Å². The van der Waals surface area contributed by atoms with Gasteiger partial charge in [0.2, 0.25) is 5.82 Å². The maximum atomic E-state index is 13.9. The number of hydrogen-bond acceptors (Lipinski definition) is 2. The number of para-hydroxylation sites is 1. The molecule has 3 rings (SSSR count). The lowest BCUT2D eigenvalue weighted by Crippen LogP contribution is -2.05. The van der Waals surface area contributed by atoms with E-state index in [9.17, 15) is 27.1 Å². The van der Waals surface area contributed by atoms with E-state index in [2.05, 4.69) is 4.98 Å². The Balaban J connectivity index is 2.38. The van der Waals surface area contributed by atoms with Crippen LogP contribution >= 0.6 is 0 Å². The summed E-state index contributed by atoms with van der Waals surface area (Å²) < 4.78 is 67.6. The smallest absolute Gasteiger partial charge is 0.200 e. The average molecular weight is 325 g/mol. The van der Waals surface area contributed by atoms with Crippen molar-refractivity contribution in [1.82, 2.24) is 4.98 Å². The topological polar surface area (TPSA) is 33.1 Å². The van der Waals surface area contributed by atoms with Gasteiger partial charge in [0.05, 0.1) is 23.4 Å². The summed E-state index contributed by atoms with van der Waals surface area (Å²) in [5.41, 5.74) is -1.05. The van der Waals surface area contributed by atoms with Gasteiger partial charge in [-0.05, 0) is 17.7 Å². The molecule has 1 aromatic heterocycles. The molecule has 1 N–H and O–H groups in total. The maximum Gasteiger partial charge on any atom is 0.200 e. The van der Waals surface area contributed by atoms with Crippen LogP contribution in [0.3, 0.4) is 0 Å². The van der Waals surface area contributed by atoms with Crippen LogP contribution in [0.1, 0.15) is 5.56 Å². The molecule has 0 atom stereocenters. The van der Waals surface area contributed by atoms with Crippen LogP contribution in [-0.2, 0) is 6.61 Å². The molecule has 7 heteroatoms. The highest BCUT2D eigenvalue weighted by Crippen LogP contribution is 2.32. The van der Waals surface area contributed by atoms with Crippen molar-refractivity contribution < 1.29 is 27.1 Å². The minimum Gasteiger partial charge on any atom is -0.392 e. The van der Waals surface area contributed by atoms with Gasteiger partial charge in [-0.25, -0.2) is 26.9 Å². The summed E-state index contributed by atoms with van der Waals surface area (Å²) >= 11 is 0. The lowest BCUT2D eigenvalue weighted by molar-refractivity contribution is 0.283. The van der Waals surface area contributed by atoms with E-state index in [1.165, 1.54) is 6.07 Å². The lowest BCUT2D eigenvalue weighted by atomic mass is 10.0. The minimum absolute atomic E-state index is 0.259. The Kier molecular flexibility index (Phi) is 3.73. The van der Waals surface area contributed by atoms with Crippen LogP contribution in [0, 0.1) is 29.1 Å². The second-order valence-electron chi connectivity index (χ2n) is 4.79. The zero-order valence-electron chi connectivity index (χ0n) is 11.4. The number of aliphatic hydroxyl groups excluding tert-OH is 1. The molecule has 23 heavy (non-hydrogen) atoms. The van der Waals surface area contributed by atoms with Crippen molar-refractivity contribution in [3.63, 3.8) is 0 Å². The molecule has 0 fully saturated rings. The van der Waals surface area contributed by atoms with Gasteiger partial charge in [0.1, 0.15) is 0 Å². The predicted molar refractivity (Wildman–Crippen MR) is 72.9 cm³/mol. The highest BCUT2D eigenvalue weighted by atomic mass is 19.2. The van der Waals surface area contributed by atoms with E-state index in [0.29, 0.717) is 5.39 Å². The monoisotopic (exact) mass is 325 g/mol. The molecule has 0 bridgehead atoms. The number of aromatic nitrogens is 1. The Hall–Kier alpha value is -2.54. The fourth-order valence-electron chi connectivity index (χ4n) is 2.34. The van der Waals surface area contributed by atoms with Crippen LogP contribution < -0.4 is 0 Å². The summed E-state index contributed by atoms with van der Waals surface area (Å²) in [4.78, 5) is 3.94. The number of aliphatic hydroxyl groups is 1.